The molecule has 0 spiro atoms. The molecule has 0 aliphatic carbocycles. The molecule has 0 aliphatic heterocycles. The lowest BCUT2D eigenvalue weighted by Crippen LogP contribution is -2.11. The lowest BCUT2D eigenvalue weighted by Gasteiger charge is -2.01. The minimum atomic E-state index is -0.244. The van der Waals surface area contributed by atoms with E-state index in [2.05, 4.69) is 15.3 Å². The predicted octanol–water partition coefficient (Wildman–Crippen LogP) is 5.24. The molecule has 0 saturated carbocycles. The van der Waals surface area contributed by atoms with E-state index in [-0.39, 0.29) is 11.6 Å². The highest BCUT2D eigenvalue weighted by Gasteiger charge is 2.08. The minimum absolute atomic E-state index is 0.244. The molecule has 0 radical (unpaired) electrons. The number of hydrogen-bond acceptors (Lipinski definition) is 1. The Morgan fingerprint density at radius 1 is 0.667 bits per heavy atom. The summed E-state index contributed by atoms with van der Waals surface area (Å²) in [5, 5.41) is 3.35. The molecular weight excluding hydrogens is 344 g/mol. The maximum absolute atomic E-state index is 13.9. The van der Waals surface area contributed by atoms with Crippen LogP contribution in [-0.2, 0) is 13.1 Å². The Bertz CT molecular complexity index is 965. The van der Waals surface area contributed by atoms with Gasteiger partial charge >= 0.3 is 0 Å². The number of benzene rings is 2. The summed E-state index contributed by atoms with van der Waals surface area (Å²) in [7, 11) is 0. The van der Waals surface area contributed by atoms with Gasteiger partial charge in [0, 0.05) is 48.0 Å². The van der Waals surface area contributed by atoms with Gasteiger partial charge in [0.1, 0.15) is 11.6 Å². The van der Waals surface area contributed by atoms with Crippen LogP contribution in [0, 0.1) is 11.6 Å². The van der Waals surface area contributed by atoms with Gasteiger partial charge in [0.05, 0.1) is 0 Å². The van der Waals surface area contributed by atoms with E-state index >= 15 is 0 Å². The lowest BCUT2D eigenvalue weighted by atomic mass is 10.1. The van der Waals surface area contributed by atoms with Crippen molar-refractivity contribution in [2.45, 2.75) is 13.1 Å². The molecule has 4 aromatic rings. The van der Waals surface area contributed by atoms with Gasteiger partial charge in [0.25, 0.3) is 0 Å². The first-order valence-electron chi connectivity index (χ1n) is 8.76. The summed E-state index contributed by atoms with van der Waals surface area (Å²) < 4.78 is 27.7. The summed E-state index contributed by atoms with van der Waals surface area (Å²) in [4.78, 5) is 6.23. The Labute approximate surface area is 156 Å². The molecule has 0 amide bonds. The second-order valence-corrected chi connectivity index (χ2v) is 6.41. The van der Waals surface area contributed by atoms with Crippen LogP contribution < -0.4 is 5.32 Å². The van der Waals surface area contributed by atoms with Crippen LogP contribution in [0.1, 0.15) is 11.1 Å². The first kappa shape index (κ1) is 17.2. The van der Waals surface area contributed by atoms with Gasteiger partial charge in [-0.2, -0.15) is 0 Å². The molecule has 2 aromatic carbocycles. The van der Waals surface area contributed by atoms with Crippen molar-refractivity contribution in [2.75, 3.05) is 0 Å². The number of aromatic amines is 2. The van der Waals surface area contributed by atoms with Gasteiger partial charge in [-0.05, 0) is 47.5 Å². The Morgan fingerprint density at radius 3 is 1.56 bits per heavy atom. The zero-order chi connectivity index (χ0) is 18.6. The highest BCUT2D eigenvalue weighted by atomic mass is 19.1. The maximum atomic E-state index is 13.9. The number of rotatable bonds is 6. The fourth-order valence-corrected chi connectivity index (χ4v) is 3.10. The molecule has 0 bridgehead atoms. The van der Waals surface area contributed by atoms with Crippen LogP contribution in [0.25, 0.3) is 22.5 Å². The number of nitrogens with one attached hydrogen (secondary N) is 3. The van der Waals surface area contributed by atoms with Crippen molar-refractivity contribution in [1.82, 2.24) is 15.3 Å². The van der Waals surface area contributed by atoms with Gasteiger partial charge in [-0.3, -0.25) is 0 Å². The van der Waals surface area contributed by atoms with Gasteiger partial charge in [-0.1, -0.05) is 24.3 Å². The number of H-pyrrole nitrogens is 2. The minimum Gasteiger partial charge on any atom is -0.361 e. The smallest absolute Gasteiger partial charge is 0.132 e. The van der Waals surface area contributed by atoms with Crippen LogP contribution in [0.2, 0.25) is 0 Å². The molecule has 4 rings (SSSR count). The topological polar surface area (TPSA) is 43.6 Å². The third kappa shape index (κ3) is 3.83. The lowest BCUT2D eigenvalue weighted by molar-refractivity contribution is 0.630. The molecule has 0 saturated heterocycles. The third-order valence-corrected chi connectivity index (χ3v) is 4.47. The van der Waals surface area contributed by atoms with Crippen molar-refractivity contribution < 1.29 is 8.78 Å². The Morgan fingerprint density at radius 2 is 1.11 bits per heavy atom. The van der Waals surface area contributed by atoms with E-state index in [1.54, 1.807) is 24.3 Å². The molecule has 3 N–H and O–H groups in total. The van der Waals surface area contributed by atoms with Crippen LogP contribution in [0.15, 0.2) is 73.1 Å². The summed E-state index contributed by atoms with van der Waals surface area (Å²) in [6.07, 6.45) is 3.74. The molecule has 3 nitrogen and oxygen atoms in total. The van der Waals surface area contributed by atoms with Gasteiger partial charge in [0.2, 0.25) is 0 Å². The van der Waals surface area contributed by atoms with Crippen molar-refractivity contribution in [2.24, 2.45) is 0 Å². The average molecular weight is 363 g/mol. The molecule has 2 aromatic heterocycles. The SMILES string of the molecule is Fc1ccccc1-c1cc(CNCc2c[nH]c(-c3ccccc3F)c2)c[nH]1. The second kappa shape index (κ2) is 7.60. The first-order chi connectivity index (χ1) is 13.2. The Kier molecular flexibility index (Phi) is 4.85. The molecule has 0 fully saturated rings. The summed E-state index contributed by atoms with van der Waals surface area (Å²) in [6, 6.07) is 17.3. The number of hydrogen-bond donors (Lipinski definition) is 3. The van der Waals surface area contributed by atoms with E-state index in [1.165, 1.54) is 12.1 Å². The van der Waals surface area contributed by atoms with Gasteiger partial charge < -0.3 is 15.3 Å². The molecule has 136 valence electrons. The summed E-state index contributed by atoms with van der Waals surface area (Å²) in [5.41, 5.74) is 4.71. The monoisotopic (exact) mass is 363 g/mol. The van der Waals surface area contributed by atoms with Gasteiger partial charge in [-0.15, -0.1) is 0 Å². The molecular formula is C22H19F2N3. The van der Waals surface area contributed by atoms with Crippen molar-refractivity contribution in [3.05, 3.63) is 95.8 Å². The molecule has 0 unspecified atom stereocenters. The van der Waals surface area contributed by atoms with Gasteiger partial charge in [0.15, 0.2) is 0 Å². The fourth-order valence-electron chi connectivity index (χ4n) is 3.10. The van der Waals surface area contributed by atoms with Crippen LogP contribution in [0.5, 0.6) is 0 Å². The largest absolute Gasteiger partial charge is 0.361 e. The normalized spacial score (nSPS) is 11.0. The van der Waals surface area contributed by atoms with E-state index in [0.29, 0.717) is 24.2 Å². The second-order valence-electron chi connectivity index (χ2n) is 6.41. The summed E-state index contributed by atoms with van der Waals surface area (Å²) in [6.45, 7) is 1.29. The summed E-state index contributed by atoms with van der Waals surface area (Å²) >= 11 is 0. The quantitative estimate of drug-likeness (QED) is 0.431. The molecule has 0 atom stereocenters. The predicted molar refractivity (Wildman–Crippen MR) is 103 cm³/mol. The molecule has 27 heavy (non-hydrogen) atoms. The zero-order valence-electron chi connectivity index (χ0n) is 14.6. The van der Waals surface area contributed by atoms with Crippen LogP contribution >= 0.6 is 0 Å². The highest BCUT2D eigenvalue weighted by molar-refractivity contribution is 5.61. The standard InChI is InChI=1S/C22H19F2N3/c23-19-7-3-1-5-17(19)21-9-15(13-26-21)11-25-12-16-10-22(27-14-16)18-6-2-4-8-20(18)24/h1-10,13-14,25-27H,11-12H2. The van der Waals surface area contributed by atoms with Crippen molar-refractivity contribution in [3.63, 3.8) is 0 Å². The highest BCUT2D eigenvalue weighted by Crippen LogP contribution is 2.23. The first-order valence-corrected chi connectivity index (χ1v) is 8.76. The fraction of sp³-hybridized carbons (Fsp3) is 0.0909. The van der Waals surface area contributed by atoms with E-state index in [1.807, 2.05) is 36.7 Å². The van der Waals surface area contributed by atoms with Crippen molar-refractivity contribution in [1.29, 1.82) is 0 Å². The molecule has 0 aliphatic rings. The van der Waals surface area contributed by atoms with E-state index in [9.17, 15) is 8.78 Å². The van der Waals surface area contributed by atoms with E-state index < -0.39 is 0 Å². The zero-order valence-corrected chi connectivity index (χ0v) is 14.6. The Balaban J connectivity index is 1.37. The third-order valence-electron chi connectivity index (χ3n) is 4.47. The molecule has 5 heteroatoms. The average Bonchev–Trinajstić information content (AvgIpc) is 3.33. The van der Waals surface area contributed by atoms with E-state index in [0.717, 1.165) is 22.5 Å². The number of aromatic nitrogens is 2. The summed E-state index contributed by atoms with van der Waals surface area (Å²) in [5.74, 6) is -0.487. The Hall–Kier alpha value is -3.18. The maximum Gasteiger partial charge on any atom is 0.132 e. The van der Waals surface area contributed by atoms with Gasteiger partial charge in [-0.25, -0.2) is 8.78 Å². The van der Waals surface area contributed by atoms with Crippen molar-refractivity contribution in [3.8, 4) is 22.5 Å². The van der Waals surface area contributed by atoms with Crippen LogP contribution in [0.3, 0.4) is 0 Å². The van der Waals surface area contributed by atoms with Crippen LogP contribution in [-0.4, -0.2) is 9.97 Å². The van der Waals surface area contributed by atoms with Crippen molar-refractivity contribution >= 4 is 0 Å². The van der Waals surface area contributed by atoms with Crippen LogP contribution in [0.4, 0.5) is 8.78 Å². The number of halogens is 2. The van der Waals surface area contributed by atoms with E-state index in [4.69, 9.17) is 0 Å². The molecule has 2 heterocycles.